The summed E-state index contributed by atoms with van der Waals surface area (Å²) < 4.78 is 5.25. The summed E-state index contributed by atoms with van der Waals surface area (Å²) in [6, 6.07) is 0. The molecule has 0 spiro atoms. The molecular formula is C7H15NOS. The Morgan fingerprint density at radius 1 is 1.70 bits per heavy atom. The first kappa shape index (κ1) is 8.37. The van der Waals surface area contributed by atoms with Crippen LogP contribution in [0.1, 0.15) is 6.42 Å². The van der Waals surface area contributed by atoms with Gasteiger partial charge in [-0.15, -0.1) is 0 Å². The number of hydrogen-bond donors (Lipinski definition) is 2. The molecule has 0 radical (unpaired) electrons. The van der Waals surface area contributed by atoms with Crippen molar-refractivity contribution in [2.75, 3.05) is 25.5 Å². The summed E-state index contributed by atoms with van der Waals surface area (Å²) in [7, 11) is 0. The highest BCUT2D eigenvalue weighted by atomic mass is 32.1. The summed E-state index contributed by atoms with van der Waals surface area (Å²) in [5.74, 6) is 2.12. The number of hydrogen-bond acceptors (Lipinski definition) is 3. The quantitative estimate of drug-likeness (QED) is 0.592. The van der Waals surface area contributed by atoms with Crippen molar-refractivity contribution in [2.24, 2.45) is 17.6 Å². The molecule has 3 heteroatoms. The van der Waals surface area contributed by atoms with Crippen LogP contribution in [0.2, 0.25) is 0 Å². The van der Waals surface area contributed by atoms with Gasteiger partial charge in [-0.25, -0.2) is 0 Å². The lowest BCUT2D eigenvalue weighted by Gasteiger charge is -2.17. The van der Waals surface area contributed by atoms with Crippen LogP contribution in [0.3, 0.4) is 0 Å². The van der Waals surface area contributed by atoms with Crippen molar-refractivity contribution in [2.45, 2.75) is 6.42 Å². The number of thiol groups is 1. The summed E-state index contributed by atoms with van der Waals surface area (Å²) in [5, 5.41) is 0. The summed E-state index contributed by atoms with van der Waals surface area (Å²) >= 11 is 4.24. The van der Waals surface area contributed by atoms with Crippen LogP contribution in [0.5, 0.6) is 0 Å². The summed E-state index contributed by atoms with van der Waals surface area (Å²) in [5.41, 5.74) is 5.56. The lowest BCUT2D eigenvalue weighted by atomic mass is 9.93. The second kappa shape index (κ2) is 4.21. The number of rotatable bonds is 3. The Bertz CT molecular complexity index is 89.6. The Kier molecular flexibility index (Phi) is 3.52. The van der Waals surface area contributed by atoms with E-state index in [9.17, 15) is 0 Å². The Morgan fingerprint density at radius 3 is 2.90 bits per heavy atom. The molecule has 0 bridgehead atoms. The topological polar surface area (TPSA) is 35.2 Å². The van der Waals surface area contributed by atoms with Gasteiger partial charge in [-0.05, 0) is 30.6 Å². The third-order valence-electron chi connectivity index (χ3n) is 2.17. The highest BCUT2D eigenvalue weighted by Gasteiger charge is 2.23. The van der Waals surface area contributed by atoms with E-state index < -0.39 is 0 Å². The zero-order valence-electron chi connectivity index (χ0n) is 6.12. The Morgan fingerprint density at radius 2 is 2.50 bits per heavy atom. The van der Waals surface area contributed by atoms with Crippen LogP contribution < -0.4 is 5.73 Å². The summed E-state index contributed by atoms with van der Waals surface area (Å²) in [6.45, 7) is 2.55. The van der Waals surface area contributed by atoms with Gasteiger partial charge in [0.25, 0.3) is 0 Å². The first-order valence-electron chi connectivity index (χ1n) is 3.77. The van der Waals surface area contributed by atoms with Crippen LogP contribution in [-0.2, 0) is 4.74 Å². The average Bonchev–Trinajstić information content (AvgIpc) is 2.43. The monoisotopic (exact) mass is 161 g/mol. The van der Waals surface area contributed by atoms with Crippen molar-refractivity contribution < 1.29 is 4.74 Å². The van der Waals surface area contributed by atoms with Crippen LogP contribution in [0.25, 0.3) is 0 Å². The molecule has 2 N–H and O–H groups in total. The van der Waals surface area contributed by atoms with E-state index >= 15 is 0 Å². The summed E-state index contributed by atoms with van der Waals surface area (Å²) in [4.78, 5) is 0. The van der Waals surface area contributed by atoms with E-state index in [1.54, 1.807) is 0 Å². The van der Waals surface area contributed by atoms with Gasteiger partial charge in [-0.3, -0.25) is 0 Å². The predicted molar refractivity (Wildman–Crippen MR) is 45.3 cm³/mol. The van der Waals surface area contributed by atoms with Crippen molar-refractivity contribution in [1.29, 1.82) is 0 Å². The van der Waals surface area contributed by atoms with Crippen molar-refractivity contribution in [3.63, 3.8) is 0 Å². The maximum absolute atomic E-state index is 5.56. The maximum atomic E-state index is 5.56. The molecule has 0 aromatic rings. The van der Waals surface area contributed by atoms with Crippen molar-refractivity contribution in [3.05, 3.63) is 0 Å². The predicted octanol–water partition coefficient (Wildman–Crippen LogP) is 0.528. The van der Waals surface area contributed by atoms with E-state index in [-0.39, 0.29) is 0 Å². The molecule has 1 saturated heterocycles. The largest absolute Gasteiger partial charge is 0.381 e. The molecule has 1 aliphatic rings. The van der Waals surface area contributed by atoms with Crippen molar-refractivity contribution in [3.8, 4) is 0 Å². The van der Waals surface area contributed by atoms with Gasteiger partial charge in [0.05, 0.1) is 0 Å². The molecule has 0 amide bonds. The molecular weight excluding hydrogens is 146 g/mol. The van der Waals surface area contributed by atoms with Crippen LogP contribution in [0.15, 0.2) is 0 Å². The second-order valence-corrected chi connectivity index (χ2v) is 3.17. The van der Waals surface area contributed by atoms with Gasteiger partial charge in [0.2, 0.25) is 0 Å². The van der Waals surface area contributed by atoms with Gasteiger partial charge < -0.3 is 10.5 Å². The van der Waals surface area contributed by atoms with E-state index in [2.05, 4.69) is 12.6 Å². The highest BCUT2D eigenvalue weighted by molar-refractivity contribution is 7.80. The molecule has 0 aromatic carbocycles. The van der Waals surface area contributed by atoms with E-state index in [1.165, 1.54) is 6.42 Å². The SMILES string of the molecule is NCC(CS)C1CCOC1. The normalized spacial score (nSPS) is 28.8. The minimum Gasteiger partial charge on any atom is -0.381 e. The fraction of sp³-hybridized carbons (Fsp3) is 1.00. The van der Waals surface area contributed by atoms with Gasteiger partial charge in [0.1, 0.15) is 0 Å². The fourth-order valence-electron chi connectivity index (χ4n) is 1.34. The van der Waals surface area contributed by atoms with Gasteiger partial charge in [-0.2, -0.15) is 12.6 Å². The van der Waals surface area contributed by atoms with Crippen LogP contribution in [0.4, 0.5) is 0 Å². The molecule has 2 nitrogen and oxygen atoms in total. The van der Waals surface area contributed by atoms with Crippen molar-refractivity contribution in [1.82, 2.24) is 0 Å². The third-order valence-corrected chi connectivity index (χ3v) is 2.64. The maximum Gasteiger partial charge on any atom is 0.0498 e. The van der Waals surface area contributed by atoms with Crippen LogP contribution >= 0.6 is 12.6 Å². The molecule has 1 rings (SSSR count). The standard InChI is InChI=1S/C7H15NOS/c8-3-7(5-10)6-1-2-9-4-6/h6-7,10H,1-5,8H2. The lowest BCUT2D eigenvalue weighted by Crippen LogP contribution is -2.25. The van der Waals surface area contributed by atoms with Gasteiger partial charge in [-0.1, -0.05) is 0 Å². The molecule has 2 atom stereocenters. The minimum absolute atomic E-state index is 0.561. The van der Waals surface area contributed by atoms with Gasteiger partial charge in [0.15, 0.2) is 0 Å². The molecule has 0 aliphatic carbocycles. The first-order chi connectivity index (χ1) is 4.88. The van der Waals surface area contributed by atoms with E-state index in [0.717, 1.165) is 25.5 Å². The van der Waals surface area contributed by atoms with Gasteiger partial charge in [0, 0.05) is 13.2 Å². The molecule has 10 heavy (non-hydrogen) atoms. The van der Waals surface area contributed by atoms with E-state index in [4.69, 9.17) is 10.5 Å². The van der Waals surface area contributed by atoms with Crippen molar-refractivity contribution >= 4 is 12.6 Å². The van der Waals surface area contributed by atoms with Gasteiger partial charge >= 0.3 is 0 Å². The number of ether oxygens (including phenoxy) is 1. The Balaban J connectivity index is 2.29. The smallest absolute Gasteiger partial charge is 0.0498 e. The molecule has 1 fully saturated rings. The summed E-state index contributed by atoms with van der Waals surface area (Å²) in [6.07, 6.45) is 1.17. The third kappa shape index (κ3) is 1.87. The van der Waals surface area contributed by atoms with E-state index in [1.807, 2.05) is 0 Å². The molecule has 2 unspecified atom stereocenters. The fourth-order valence-corrected chi connectivity index (χ4v) is 1.79. The molecule has 0 saturated carbocycles. The first-order valence-corrected chi connectivity index (χ1v) is 4.40. The molecule has 1 aliphatic heterocycles. The second-order valence-electron chi connectivity index (χ2n) is 2.80. The molecule has 0 aromatic heterocycles. The average molecular weight is 161 g/mol. The lowest BCUT2D eigenvalue weighted by molar-refractivity contribution is 0.176. The molecule has 1 heterocycles. The van der Waals surface area contributed by atoms with Crippen LogP contribution in [0, 0.1) is 11.8 Å². The zero-order chi connectivity index (χ0) is 7.40. The molecule has 60 valence electrons. The van der Waals surface area contributed by atoms with Crippen LogP contribution in [-0.4, -0.2) is 25.5 Å². The zero-order valence-corrected chi connectivity index (χ0v) is 7.02. The number of nitrogens with two attached hydrogens (primary N) is 1. The Labute approximate surface area is 67.5 Å². The minimum atomic E-state index is 0.561. The Hall–Kier alpha value is 0.270. The van der Waals surface area contributed by atoms with E-state index in [0.29, 0.717) is 11.8 Å². The highest BCUT2D eigenvalue weighted by Crippen LogP contribution is 2.21.